The summed E-state index contributed by atoms with van der Waals surface area (Å²) in [6.07, 6.45) is 8.77. The first-order valence-corrected chi connectivity index (χ1v) is 7.71. The molecule has 0 aromatic rings. The van der Waals surface area contributed by atoms with Crippen LogP contribution in [0.25, 0.3) is 0 Å². The number of hydrogen-bond donors (Lipinski definition) is 1. The Kier molecular flexibility index (Phi) is 4.59. The zero-order chi connectivity index (χ0) is 14.9. The molecule has 0 bridgehead atoms. The molecule has 110 valence electrons. The maximum atomic E-state index is 10.2. The molecule has 0 aromatic heterocycles. The molecule has 0 amide bonds. The topological polar surface area (TPSA) is 20.2 Å². The minimum absolute atomic E-state index is 0.0392. The molecule has 1 rings (SSSR count). The molecular weight excluding hydrogens is 232 g/mol. The van der Waals surface area contributed by atoms with E-state index in [9.17, 15) is 5.11 Å². The summed E-state index contributed by atoms with van der Waals surface area (Å²) in [5.74, 6) is 0.490. The van der Waals surface area contributed by atoms with Crippen LogP contribution in [0, 0.1) is 16.2 Å². The average molecular weight is 264 g/mol. The van der Waals surface area contributed by atoms with Gasteiger partial charge in [-0.1, -0.05) is 61.0 Å². The first-order chi connectivity index (χ1) is 8.59. The first-order valence-electron chi connectivity index (χ1n) is 7.71. The standard InChI is InChI=1S/C18H32O/c1-8-11-17(6,7)18(9-2)12-10-15(19)14(13-18)16(3,4)5/h10,12,19H,8-9,11,13H2,1-7H3. The molecule has 0 saturated heterocycles. The summed E-state index contributed by atoms with van der Waals surface area (Å²) in [7, 11) is 0. The Morgan fingerprint density at radius 1 is 1.16 bits per heavy atom. The van der Waals surface area contributed by atoms with Crippen molar-refractivity contribution in [3.63, 3.8) is 0 Å². The lowest BCUT2D eigenvalue weighted by atomic mass is 9.56. The highest BCUT2D eigenvalue weighted by Crippen LogP contribution is 2.54. The van der Waals surface area contributed by atoms with Crippen LogP contribution in [0.15, 0.2) is 23.5 Å². The molecule has 0 saturated carbocycles. The number of aliphatic hydroxyl groups excluding tert-OH is 1. The summed E-state index contributed by atoms with van der Waals surface area (Å²) < 4.78 is 0. The van der Waals surface area contributed by atoms with E-state index in [1.165, 1.54) is 18.4 Å². The zero-order valence-electron chi connectivity index (χ0n) is 13.9. The van der Waals surface area contributed by atoms with E-state index in [2.05, 4.69) is 54.5 Å². The fraction of sp³-hybridized carbons (Fsp3) is 0.778. The van der Waals surface area contributed by atoms with Crippen molar-refractivity contribution in [2.24, 2.45) is 16.2 Å². The van der Waals surface area contributed by atoms with E-state index in [1.807, 2.05) is 6.08 Å². The minimum atomic E-state index is 0.0392. The summed E-state index contributed by atoms with van der Waals surface area (Å²) in [5.41, 5.74) is 1.70. The summed E-state index contributed by atoms with van der Waals surface area (Å²) in [6.45, 7) is 15.9. The van der Waals surface area contributed by atoms with Crippen LogP contribution in [0.3, 0.4) is 0 Å². The minimum Gasteiger partial charge on any atom is -0.508 e. The third-order valence-corrected chi connectivity index (χ3v) is 5.12. The lowest BCUT2D eigenvalue weighted by molar-refractivity contribution is 0.0930. The van der Waals surface area contributed by atoms with E-state index in [1.54, 1.807) is 0 Å². The van der Waals surface area contributed by atoms with Crippen LogP contribution in [0.4, 0.5) is 0 Å². The van der Waals surface area contributed by atoms with Crippen molar-refractivity contribution in [3.05, 3.63) is 23.5 Å². The van der Waals surface area contributed by atoms with Gasteiger partial charge in [-0.3, -0.25) is 0 Å². The number of hydrogen-bond acceptors (Lipinski definition) is 1. The molecule has 1 nitrogen and oxygen atoms in total. The predicted molar refractivity (Wildman–Crippen MR) is 84.3 cm³/mol. The number of aliphatic hydroxyl groups is 1. The normalized spacial score (nSPS) is 25.0. The first kappa shape index (κ1) is 16.3. The summed E-state index contributed by atoms with van der Waals surface area (Å²) >= 11 is 0. The molecule has 0 spiro atoms. The van der Waals surface area contributed by atoms with Crippen molar-refractivity contribution >= 4 is 0 Å². The zero-order valence-corrected chi connectivity index (χ0v) is 13.9. The van der Waals surface area contributed by atoms with Crippen molar-refractivity contribution in [3.8, 4) is 0 Å². The second kappa shape index (κ2) is 5.34. The van der Waals surface area contributed by atoms with E-state index >= 15 is 0 Å². The van der Waals surface area contributed by atoms with Crippen LogP contribution in [-0.2, 0) is 0 Å². The Morgan fingerprint density at radius 3 is 2.16 bits per heavy atom. The molecule has 0 heterocycles. The molecular formula is C18H32O. The Balaban J connectivity index is 3.20. The van der Waals surface area contributed by atoms with Gasteiger partial charge >= 0.3 is 0 Å². The highest BCUT2D eigenvalue weighted by atomic mass is 16.3. The van der Waals surface area contributed by atoms with Crippen LogP contribution in [-0.4, -0.2) is 5.11 Å². The van der Waals surface area contributed by atoms with Gasteiger partial charge < -0.3 is 5.11 Å². The number of allylic oxidation sites excluding steroid dienone is 3. The molecule has 19 heavy (non-hydrogen) atoms. The monoisotopic (exact) mass is 264 g/mol. The molecule has 0 fully saturated rings. The fourth-order valence-electron chi connectivity index (χ4n) is 3.51. The van der Waals surface area contributed by atoms with E-state index in [0.717, 1.165) is 12.8 Å². The predicted octanol–water partition coefficient (Wildman–Crippen LogP) is 6.03. The van der Waals surface area contributed by atoms with Crippen LogP contribution >= 0.6 is 0 Å². The molecule has 1 N–H and O–H groups in total. The third kappa shape index (κ3) is 3.07. The molecule has 1 aliphatic rings. The van der Waals surface area contributed by atoms with Crippen molar-refractivity contribution in [1.82, 2.24) is 0 Å². The number of rotatable bonds is 4. The molecule has 0 aliphatic heterocycles. The smallest absolute Gasteiger partial charge is 0.115 e. The van der Waals surface area contributed by atoms with Crippen LogP contribution in [0.5, 0.6) is 0 Å². The van der Waals surface area contributed by atoms with Gasteiger partial charge in [0.05, 0.1) is 0 Å². The van der Waals surface area contributed by atoms with Crippen LogP contribution in [0.2, 0.25) is 0 Å². The van der Waals surface area contributed by atoms with E-state index in [0.29, 0.717) is 5.76 Å². The van der Waals surface area contributed by atoms with E-state index in [-0.39, 0.29) is 16.2 Å². The van der Waals surface area contributed by atoms with Crippen LogP contribution < -0.4 is 0 Å². The van der Waals surface area contributed by atoms with E-state index < -0.39 is 0 Å². The highest BCUT2D eigenvalue weighted by Gasteiger charge is 2.44. The second-order valence-electron chi connectivity index (χ2n) is 7.77. The average Bonchev–Trinajstić information content (AvgIpc) is 2.28. The lowest BCUT2D eigenvalue weighted by Crippen LogP contribution is -2.39. The van der Waals surface area contributed by atoms with Gasteiger partial charge in [-0.05, 0) is 47.2 Å². The quantitative estimate of drug-likeness (QED) is 0.657. The Morgan fingerprint density at radius 2 is 1.74 bits per heavy atom. The largest absolute Gasteiger partial charge is 0.508 e. The highest BCUT2D eigenvalue weighted by molar-refractivity contribution is 5.33. The second-order valence-corrected chi connectivity index (χ2v) is 7.77. The summed E-state index contributed by atoms with van der Waals surface area (Å²) in [5, 5.41) is 10.2. The van der Waals surface area contributed by atoms with Gasteiger partial charge in [0.15, 0.2) is 0 Å². The Labute approximate surface area is 119 Å². The molecule has 0 aromatic carbocycles. The Hall–Kier alpha value is -0.720. The van der Waals surface area contributed by atoms with Crippen molar-refractivity contribution < 1.29 is 5.11 Å². The van der Waals surface area contributed by atoms with E-state index in [4.69, 9.17) is 0 Å². The van der Waals surface area contributed by atoms with Crippen molar-refractivity contribution in [2.75, 3.05) is 0 Å². The van der Waals surface area contributed by atoms with Crippen molar-refractivity contribution in [2.45, 2.75) is 74.1 Å². The fourth-order valence-corrected chi connectivity index (χ4v) is 3.51. The van der Waals surface area contributed by atoms with Gasteiger partial charge in [-0.2, -0.15) is 0 Å². The maximum absolute atomic E-state index is 10.2. The third-order valence-electron chi connectivity index (χ3n) is 5.12. The molecule has 1 aliphatic carbocycles. The SMILES string of the molecule is CCCC(C)(C)C1(CC)C=CC(O)=C(C(C)(C)C)C1. The van der Waals surface area contributed by atoms with Gasteiger partial charge in [-0.25, -0.2) is 0 Å². The summed E-state index contributed by atoms with van der Waals surface area (Å²) in [6, 6.07) is 0. The van der Waals surface area contributed by atoms with Gasteiger partial charge in [0.2, 0.25) is 0 Å². The molecule has 1 heteroatoms. The van der Waals surface area contributed by atoms with Gasteiger partial charge in [0.25, 0.3) is 0 Å². The molecule has 0 radical (unpaired) electrons. The molecule has 1 unspecified atom stereocenters. The van der Waals surface area contributed by atoms with Crippen molar-refractivity contribution in [1.29, 1.82) is 0 Å². The van der Waals surface area contributed by atoms with Gasteiger partial charge in [0, 0.05) is 0 Å². The van der Waals surface area contributed by atoms with Gasteiger partial charge in [-0.15, -0.1) is 0 Å². The maximum Gasteiger partial charge on any atom is 0.115 e. The Bertz CT molecular complexity index is 379. The lowest BCUT2D eigenvalue weighted by Gasteiger charge is -2.48. The van der Waals surface area contributed by atoms with Crippen LogP contribution in [0.1, 0.15) is 74.1 Å². The van der Waals surface area contributed by atoms with Gasteiger partial charge in [0.1, 0.15) is 5.76 Å². The summed E-state index contributed by atoms with van der Waals surface area (Å²) in [4.78, 5) is 0. The molecule has 1 atom stereocenters.